The van der Waals surface area contributed by atoms with E-state index in [0.717, 1.165) is 12.0 Å². The minimum absolute atomic E-state index is 0.269. The van der Waals surface area contributed by atoms with Gasteiger partial charge in [0.1, 0.15) is 5.41 Å². The average Bonchev–Trinajstić information content (AvgIpc) is 2.63. The quantitative estimate of drug-likeness (QED) is 0.776. The van der Waals surface area contributed by atoms with Gasteiger partial charge in [-0.25, -0.2) is 0 Å². The van der Waals surface area contributed by atoms with Gasteiger partial charge in [-0.15, -0.1) is 0 Å². The van der Waals surface area contributed by atoms with Crippen molar-refractivity contribution in [2.45, 2.75) is 37.3 Å². The number of carbonyl (C=O) groups excluding carboxylic acids is 1. The Labute approximate surface area is 150 Å². The van der Waals surface area contributed by atoms with E-state index >= 15 is 0 Å². The van der Waals surface area contributed by atoms with Crippen molar-refractivity contribution >= 4 is 5.91 Å². The van der Waals surface area contributed by atoms with E-state index in [1.807, 2.05) is 74.8 Å². The fourth-order valence-corrected chi connectivity index (χ4v) is 3.19. The number of aliphatic hydroxyl groups is 1. The number of carbonyl (C=O) groups is 1. The van der Waals surface area contributed by atoms with Crippen LogP contribution in [0.15, 0.2) is 60.7 Å². The highest BCUT2D eigenvalue weighted by Gasteiger charge is 2.45. The number of primary amides is 1. The van der Waals surface area contributed by atoms with Gasteiger partial charge in [-0.3, -0.25) is 4.79 Å². The van der Waals surface area contributed by atoms with Crippen molar-refractivity contribution in [3.8, 4) is 0 Å². The van der Waals surface area contributed by atoms with Gasteiger partial charge in [-0.05, 0) is 45.0 Å². The van der Waals surface area contributed by atoms with Gasteiger partial charge in [-0.2, -0.15) is 0 Å². The maximum Gasteiger partial charge on any atom is 0.231 e. The molecular formula is C21H28N2O2. The predicted octanol–water partition coefficient (Wildman–Crippen LogP) is 2.87. The number of rotatable bonds is 8. The van der Waals surface area contributed by atoms with E-state index in [4.69, 9.17) is 5.73 Å². The number of amides is 1. The Hall–Kier alpha value is -2.17. The van der Waals surface area contributed by atoms with Gasteiger partial charge in [0, 0.05) is 6.04 Å². The van der Waals surface area contributed by atoms with Crippen molar-refractivity contribution < 1.29 is 9.90 Å². The van der Waals surface area contributed by atoms with Gasteiger partial charge in [0.15, 0.2) is 0 Å². The Kier molecular flexibility index (Phi) is 6.34. The van der Waals surface area contributed by atoms with Gasteiger partial charge in [-0.1, -0.05) is 60.7 Å². The standard InChI is InChI=1S/C21H28N2O2/c1-16(23(2)3)14-15-21(20(22)25,18-12-8-5-9-13-18)19(24)17-10-6-4-7-11-17/h4-13,16,19,24H,14-15H2,1-3H3,(H2,22,25). The molecule has 3 N–H and O–H groups in total. The molecule has 3 atom stereocenters. The van der Waals surface area contributed by atoms with Gasteiger partial charge in [0.2, 0.25) is 5.91 Å². The van der Waals surface area contributed by atoms with Crippen LogP contribution < -0.4 is 5.73 Å². The molecule has 0 aliphatic heterocycles. The second-order valence-corrected chi connectivity index (χ2v) is 6.87. The third kappa shape index (κ3) is 4.09. The molecule has 2 aromatic rings. The average molecular weight is 340 g/mol. The number of nitrogens with two attached hydrogens (primary N) is 1. The van der Waals surface area contributed by atoms with Crippen LogP contribution in [0.1, 0.15) is 37.0 Å². The largest absolute Gasteiger partial charge is 0.387 e. The molecule has 0 aliphatic rings. The Morgan fingerprint density at radius 2 is 1.60 bits per heavy atom. The smallest absolute Gasteiger partial charge is 0.231 e. The fourth-order valence-electron chi connectivity index (χ4n) is 3.19. The van der Waals surface area contributed by atoms with Crippen LogP contribution in [-0.4, -0.2) is 36.1 Å². The minimum atomic E-state index is -1.16. The van der Waals surface area contributed by atoms with Crippen LogP contribution in [0, 0.1) is 0 Å². The van der Waals surface area contributed by atoms with Crippen LogP contribution in [0.4, 0.5) is 0 Å². The van der Waals surface area contributed by atoms with Crippen LogP contribution in [0.25, 0.3) is 0 Å². The number of hydrogen-bond donors (Lipinski definition) is 2. The van der Waals surface area contributed by atoms with E-state index in [0.29, 0.717) is 12.0 Å². The molecule has 0 spiro atoms. The van der Waals surface area contributed by atoms with Gasteiger partial charge in [0.25, 0.3) is 0 Å². The summed E-state index contributed by atoms with van der Waals surface area (Å²) in [4.78, 5) is 14.8. The Bertz CT molecular complexity index is 673. The van der Waals surface area contributed by atoms with E-state index in [-0.39, 0.29) is 6.04 Å². The lowest BCUT2D eigenvalue weighted by Crippen LogP contribution is -2.47. The van der Waals surface area contributed by atoms with E-state index < -0.39 is 17.4 Å². The van der Waals surface area contributed by atoms with Crippen LogP contribution >= 0.6 is 0 Å². The topological polar surface area (TPSA) is 66.6 Å². The molecule has 0 saturated heterocycles. The first-order chi connectivity index (χ1) is 11.9. The van der Waals surface area contributed by atoms with Crippen molar-refractivity contribution in [1.29, 1.82) is 0 Å². The molecule has 0 heterocycles. The first-order valence-electron chi connectivity index (χ1n) is 8.64. The van der Waals surface area contributed by atoms with Crippen molar-refractivity contribution in [3.05, 3.63) is 71.8 Å². The lowest BCUT2D eigenvalue weighted by Gasteiger charge is -2.37. The molecule has 134 valence electrons. The number of hydrogen-bond acceptors (Lipinski definition) is 3. The first kappa shape index (κ1) is 19.2. The molecule has 0 fully saturated rings. The lowest BCUT2D eigenvalue weighted by atomic mass is 9.69. The summed E-state index contributed by atoms with van der Waals surface area (Å²) in [6.07, 6.45) is 0.221. The zero-order valence-corrected chi connectivity index (χ0v) is 15.2. The number of benzene rings is 2. The molecule has 4 nitrogen and oxygen atoms in total. The van der Waals surface area contributed by atoms with E-state index in [2.05, 4.69) is 11.8 Å². The molecule has 2 rings (SSSR count). The van der Waals surface area contributed by atoms with Gasteiger partial charge >= 0.3 is 0 Å². The predicted molar refractivity (Wildman–Crippen MR) is 101 cm³/mol. The Morgan fingerprint density at radius 3 is 2.08 bits per heavy atom. The van der Waals surface area contributed by atoms with Crippen LogP contribution in [-0.2, 0) is 10.2 Å². The molecule has 25 heavy (non-hydrogen) atoms. The van der Waals surface area contributed by atoms with E-state index in [1.165, 1.54) is 0 Å². The molecule has 1 amide bonds. The number of aliphatic hydroxyl groups excluding tert-OH is 1. The van der Waals surface area contributed by atoms with E-state index in [1.54, 1.807) is 0 Å². The molecule has 0 bridgehead atoms. The summed E-state index contributed by atoms with van der Waals surface area (Å²) in [6, 6.07) is 18.9. The summed E-state index contributed by atoms with van der Waals surface area (Å²) in [5.74, 6) is -0.499. The summed E-state index contributed by atoms with van der Waals surface area (Å²) in [5, 5.41) is 11.2. The zero-order valence-electron chi connectivity index (χ0n) is 15.2. The summed E-state index contributed by atoms with van der Waals surface area (Å²) >= 11 is 0. The fraction of sp³-hybridized carbons (Fsp3) is 0.381. The van der Waals surface area contributed by atoms with Crippen LogP contribution in [0.5, 0.6) is 0 Å². The molecule has 0 aliphatic carbocycles. The number of nitrogens with zero attached hydrogens (tertiary/aromatic N) is 1. The van der Waals surface area contributed by atoms with Crippen molar-refractivity contribution in [2.24, 2.45) is 5.73 Å². The third-order valence-electron chi connectivity index (χ3n) is 5.15. The molecule has 0 saturated carbocycles. The summed E-state index contributed by atoms with van der Waals surface area (Å²) < 4.78 is 0. The molecule has 2 aromatic carbocycles. The van der Waals surface area contributed by atoms with E-state index in [9.17, 15) is 9.90 Å². The SMILES string of the molecule is CC(CCC(C(N)=O)(c1ccccc1)C(O)c1ccccc1)N(C)C. The van der Waals surface area contributed by atoms with Gasteiger partial charge < -0.3 is 15.7 Å². The first-order valence-corrected chi connectivity index (χ1v) is 8.64. The molecule has 4 heteroatoms. The molecule has 0 aromatic heterocycles. The molecule has 0 radical (unpaired) electrons. The maximum atomic E-state index is 12.7. The normalized spacial score (nSPS) is 16.2. The zero-order chi connectivity index (χ0) is 18.4. The van der Waals surface area contributed by atoms with Gasteiger partial charge in [0.05, 0.1) is 6.10 Å². The maximum absolute atomic E-state index is 12.7. The van der Waals surface area contributed by atoms with Crippen molar-refractivity contribution in [3.63, 3.8) is 0 Å². The molecular weight excluding hydrogens is 312 g/mol. The Balaban J connectivity index is 2.50. The second kappa shape index (κ2) is 8.28. The van der Waals surface area contributed by atoms with Crippen molar-refractivity contribution in [2.75, 3.05) is 14.1 Å². The summed E-state index contributed by atoms with van der Waals surface area (Å²) in [7, 11) is 4.01. The second-order valence-electron chi connectivity index (χ2n) is 6.87. The minimum Gasteiger partial charge on any atom is -0.387 e. The van der Waals surface area contributed by atoms with Crippen molar-refractivity contribution in [1.82, 2.24) is 4.90 Å². The highest BCUT2D eigenvalue weighted by Crippen LogP contribution is 2.41. The molecule has 3 unspecified atom stereocenters. The van der Waals surface area contributed by atoms with Crippen LogP contribution in [0.3, 0.4) is 0 Å². The summed E-state index contributed by atoms with van der Waals surface area (Å²) in [6.45, 7) is 2.10. The highest BCUT2D eigenvalue weighted by molar-refractivity contribution is 5.87. The third-order valence-corrected chi connectivity index (χ3v) is 5.15. The monoisotopic (exact) mass is 340 g/mol. The highest BCUT2D eigenvalue weighted by atomic mass is 16.3. The summed E-state index contributed by atoms with van der Waals surface area (Å²) in [5.41, 5.74) is 6.18. The lowest BCUT2D eigenvalue weighted by molar-refractivity contribution is -0.129. The Morgan fingerprint density at radius 1 is 1.08 bits per heavy atom. The van der Waals surface area contributed by atoms with Crippen LogP contribution in [0.2, 0.25) is 0 Å².